The van der Waals surface area contributed by atoms with E-state index in [4.69, 9.17) is 4.74 Å². The van der Waals surface area contributed by atoms with Crippen molar-refractivity contribution in [3.05, 3.63) is 48.0 Å². The average Bonchev–Trinajstić information content (AvgIpc) is 2.92. The van der Waals surface area contributed by atoms with Crippen LogP contribution in [-0.4, -0.2) is 18.6 Å². The molecule has 3 aliphatic rings. The summed E-state index contributed by atoms with van der Waals surface area (Å²) in [5.41, 5.74) is 2.93. The fourth-order valence-corrected chi connectivity index (χ4v) is 5.65. The van der Waals surface area contributed by atoms with Crippen LogP contribution in [0.1, 0.15) is 57.6 Å². The summed E-state index contributed by atoms with van der Waals surface area (Å²) in [6.07, 6.45) is 5.81. The first-order valence-corrected chi connectivity index (χ1v) is 10.1. The van der Waals surface area contributed by atoms with Crippen molar-refractivity contribution in [1.82, 2.24) is 5.32 Å². The fraction of sp³-hybridized carbons (Fsp3) is 0.609. The summed E-state index contributed by atoms with van der Waals surface area (Å²) in [5, 5.41) is 3.57. The van der Waals surface area contributed by atoms with Crippen molar-refractivity contribution in [3.8, 4) is 0 Å². The molecule has 1 heterocycles. The minimum atomic E-state index is -0.0227. The third-order valence-electron chi connectivity index (χ3n) is 7.26. The minimum absolute atomic E-state index is 0.000575. The van der Waals surface area contributed by atoms with Crippen LogP contribution in [0.5, 0.6) is 0 Å². The summed E-state index contributed by atoms with van der Waals surface area (Å²) < 4.78 is 5.86. The van der Waals surface area contributed by atoms with Crippen LogP contribution in [0, 0.1) is 23.2 Å². The van der Waals surface area contributed by atoms with Crippen molar-refractivity contribution < 1.29 is 9.53 Å². The maximum Gasteiger partial charge on any atom is 0.310 e. The first-order chi connectivity index (χ1) is 12.5. The SMILES string of the molecule is C=C1CCC[C@]2(C)C[C@H]3OC(=O)[C@H](CN[C@@H](C)c4ccccc4)[C@H]3C[C@H]12. The molecule has 1 aliphatic heterocycles. The van der Waals surface area contributed by atoms with Crippen molar-refractivity contribution in [2.24, 2.45) is 23.2 Å². The Morgan fingerprint density at radius 2 is 2.12 bits per heavy atom. The molecule has 3 heteroatoms. The number of fused-ring (bicyclic) bond motifs is 2. The minimum Gasteiger partial charge on any atom is -0.462 e. The number of carbonyl (C=O) groups is 1. The molecule has 0 unspecified atom stereocenters. The van der Waals surface area contributed by atoms with Gasteiger partial charge in [-0.2, -0.15) is 0 Å². The van der Waals surface area contributed by atoms with Crippen LogP contribution in [0.2, 0.25) is 0 Å². The molecule has 26 heavy (non-hydrogen) atoms. The van der Waals surface area contributed by atoms with Gasteiger partial charge in [0, 0.05) is 18.5 Å². The molecule has 3 nitrogen and oxygen atoms in total. The molecular formula is C23H31NO2. The Bertz CT molecular complexity index is 685. The van der Waals surface area contributed by atoms with Gasteiger partial charge in [-0.25, -0.2) is 0 Å². The molecule has 140 valence electrons. The van der Waals surface area contributed by atoms with Gasteiger partial charge in [-0.3, -0.25) is 4.79 Å². The molecule has 1 aromatic rings. The van der Waals surface area contributed by atoms with Crippen LogP contribution in [0.15, 0.2) is 42.5 Å². The third kappa shape index (κ3) is 3.11. The summed E-state index contributed by atoms with van der Waals surface area (Å²) in [7, 11) is 0. The van der Waals surface area contributed by atoms with Crippen molar-refractivity contribution in [2.75, 3.05) is 6.54 Å². The smallest absolute Gasteiger partial charge is 0.310 e. The monoisotopic (exact) mass is 353 g/mol. The molecule has 1 N–H and O–H groups in total. The van der Waals surface area contributed by atoms with Gasteiger partial charge in [-0.15, -0.1) is 0 Å². The zero-order valence-electron chi connectivity index (χ0n) is 16.0. The van der Waals surface area contributed by atoms with E-state index in [2.05, 4.69) is 50.0 Å². The van der Waals surface area contributed by atoms with Crippen molar-refractivity contribution in [3.63, 3.8) is 0 Å². The Hall–Kier alpha value is -1.61. The largest absolute Gasteiger partial charge is 0.462 e. The van der Waals surface area contributed by atoms with E-state index in [0.29, 0.717) is 18.4 Å². The topological polar surface area (TPSA) is 38.3 Å². The molecule has 0 amide bonds. The number of carbonyl (C=O) groups excluding carboxylic acids is 1. The zero-order chi connectivity index (χ0) is 18.3. The van der Waals surface area contributed by atoms with E-state index in [1.54, 1.807) is 0 Å². The fourth-order valence-electron chi connectivity index (χ4n) is 5.65. The predicted octanol–water partition coefficient (Wildman–Crippen LogP) is 4.65. The van der Waals surface area contributed by atoms with E-state index in [9.17, 15) is 4.79 Å². The van der Waals surface area contributed by atoms with Crippen LogP contribution >= 0.6 is 0 Å². The molecular weight excluding hydrogens is 322 g/mol. The molecule has 2 saturated carbocycles. The molecule has 0 aromatic heterocycles. The van der Waals surface area contributed by atoms with Gasteiger partial charge in [-0.1, -0.05) is 49.4 Å². The quantitative estimate of drug-likeness (QED) is 0.632. The molecule has 2 aliphatic carbocycles. The van der Waals surface area contributed by atoms with Gasteiger partial charge < -0.3 is 10.1 Å². The molecule has 3 fully saturated rings. The van der Waals surface area contributed by atoms with Gasteiger partial charge in [0.05, 0.1) is 5.92 Å². The van der Waals surface area contributed by atoms with E-state index in [-0.39, 0.29) is 29.4 Å². The normalized spacial score (nSPS) is 37.6. The second kappa shape index (κ2) is 6.84. The molecule has 0 radical (unpaired) electrons. The number of hydrogen-bond donors (Lipinski definition) is 1. The summed E-state index contributed by atoms with van der Waals surface area (Å²) in [4.78, 5) is 12.6. The van der Waals surface area contributed by atoms with E-state index >= 15 is 0 Å². The third-order valence-corrected chi connectivity index (χ3v) is 7.26. The number of nitrogens with one attached hydrogen (secondary N) is 1. The number of ether oxygens (including phenoxy) is 1. The Morgan fingerprint density at radius 1 is 1.35 bits per heavy atom. The Kier molecular flexibility index (Phi) is 4.68. The lowest BCUT2D eigenvalue weighted by Crippen LogP contribution is -2.45. The van der Waals surface area contributed by atoms with Gasteiger partial charge in [0.15, 0.2) is 0 Å². The number of hydrogen-bond acceptors (Lipinski definition) is 3. The highest BCUT2D eigenvalue weighted by Gasteiger charge is 2.54. The van der Waals surface area contributed by atoms with Crippen molar-refractivity contribution in [2.45, 2.75) is 58.1 Å². The summed E-state index contributed by atoms with van der Waals surface area (Å²) in [6, 6.07) is 10.7. The number of esters is 1. The Labute approximate surface area is 157 Å². The first-order valence-electron chi connectivity index (χ1n) is 10.1. The van der Waals surface area contributed by atoms with Gasteiger partial charge in [0.25, 0.3) is 0 Å². The van der Waals surface area contributed by atoms with Crippen LogP contribution in [0.25, 0.3) is 0 Å². The van der Waals surface area contributed by atoms with Crippen LogP contribution < -0.4 is 5.32 Å². The highest BCUT2D eigenvalue weighted by Crippen LogP contribution is 2.56. The first kappa shape index (κ1) is 17.8. The maximum absolute atomic E-state index is 12.6. The lowest BCUT2D eigenvalue weighted by atomic mass is 9.55. The molecule has 1 saturated heterocycles. The lowest BCUT2D eigenvalue weighted by Gasteiger charge is -2.50. The zero-order valence-corrected chi connectivity index (χ0v) is 16.0. The van der Waals surface area contributed by atoms with Crippen molar-refractivity contribution in [1.29, 1.82) is 0 Å². The molecule has 0 spiro atoms. The number of rotatable bonds is 4. The Balaban J connectivity index is 1.45. The second-order valence-corrected chi connectivity index (χ2v) is 8.94. The second-order valence-electron chi connectivity index (χ2n) is 8.94. The van der Waals surface area contributed by atoms with E-state index in [1.165, 1.54) is 24.0 Å². The standard InChI is InChI=1S/C23H31NO2/c1-15-8-7-11-23(3)13-21-18(12-20(15)23)19(22(25)26-21)14-24-16(2)17-9-5-4-6-10-17/h4-6,9-10,16,18-21,24H,1,7-8,11-14H2,2-3H3/t16-,18+,19+,20+,21+,23+/m0/s1. The van der Waals surface area contributed by atoms with E-state index in [1.807, 2.05) is 6.07 Å². The van der Waals surface area contributed by atoms with Crippen LogP contribution in [0.4, 0.5) is 0 Å². The highest BCUT2D eigenvalue weighted by molar-refractivity contribution is 5.75. The highest BCUT2D eigenvalue weighted by atomic mass is 16.6. The summed E-state index contributed by atoms with van der Waals surface area (Å²) in [6.45, 7) is 9.62. The maximum atomic E-state index is 12.6. The molecule has 1 aromatic carbocycles. The summed E-state index contributed by atoms with van der Waals surface area (Å²) in [5.74, 6) is 0.873. The predicted molar refractivity (Wildman–Crippen MR) is 104 cm³/mol. The summed E-state index contributed by atoms with van der Waals surface area (Å²) >= 11 is 0. The van der Waals surface area contributed by atoms with Gasteiger partial charge >= 0.3 is 5.97 Å². The average molecular weight is 354 g/mol. The van der Waals surface area contributed by atoms with Crippen molar-refractivity contribution >= 4 is 5.97 Å². The molecule has 0 bridgehead atoms. The molecule has 6 atom stereocenters. The number of benzene rings is 1. The molecule has 4 rings (SSSR count). The van der Waals surface area contributed by atoms with Gasteiger partial charge in [0.2, 0.25) is 0 Å². The van der Waals surface area contributed by atoms with Crippen LogP contribution in [-0.2, 0) is 9.53 Å². The van der Waals surface area contributed by atoms with E-state index in [0.717, 1.165) is 19.3 Å². The van der Waals surface area contributed by atoms with Gasteiger partial charge in [-0.05, 0) is 55.9 Å². The number of allylic oxidation sites excluding steroid dienone is 1. The van der Waals surface area contributed by atoms with E-state index < -0.39 is 0 Å². The van der Waals surface area contributed by atoms with Crippen LogP contribution in [0.3, 0.4) is 0 Å². The Morgan fingerprint density at radius 3 is 2.88 bits per heavy atom. The lowest BCUT2D eigenvalue weighted by molar-refractivity contribution is -0.146. The van der Waals surface area contributed by atoms with Gasteiger partial charge in [0.1, 0.15) is 6.10 Å².